The standard InChI is InChI=1S/C12H12NO2/c1-13(9-10-14)12(15)8-7-11-5-3-2-4-6-11/h2-8H,9H2,1H3. The van der Waals surface area contributed by atoms with Crippen molar-refractivity contribution in [2.45, 2.75) is 0 Å². The topological polar surface area (TPSA) is 37.4 Å². The van der Waals surface area contributed by atoms with Gasteiger partial charge < -0.3 is 4.90 Å². The molecule has 0 aliphatic heterocycles. The fourth-order valence-corrected chi connectivity index (χ4v) is 1.03. The maximum atomic E-state index is 11.4. The van der Waals surface area contributed by atoms with E-state index in [-0.39, 0.29) is 12.5 Å². The van der Waals surface area contributed by atoms with Crippen LogP contribution < -0.4 is 0 Å². The van der Waals surface area contributed by atoms with Crippen LogP contribution in [0.1, 0.15) is 5.56 Å². The summed E-state index contributed by atoms with van der Waals surface area (Å²) in [4.78, 5) is 22.7. The van der Waals surface area contributed by atoms with Gasteiger partial charge in [0.2, 0.25) is 12.2 Å². The van der Waals surface area contributed by atoms with Gasteiger partial charge in [-0.1, -0.05) is 30.3 Å². The van der Waals surface area contributed by atoms with E-state index in [1.165, 1.54) is 11.0 Å². The molecule has 3 heteroatoms. The van der Waals surface area contributed by atoms with Crippen LogP contribution in [0.4, 0.5) is 0 Å². The average molecular weight is 202 g/mol. The Morgan fingerprint density at radius 3 is 2.67 bits per heavy atom. The number of carbonyl (C=O) groups is 1. The molecule has 0 atom stereocenters. The lowest BCUT2D eigenvalue weighted by Crippen LogP contribution is -2.26. The van der Waals surface area contributed by atoms with Crippen molar-refractivity contribution in [3.63, 3.8) is 0 Å². The van der Waals surface area contributed by atoms with Gasteiger partial charge in [-0.2, -0.15) is 0 Å². The molecule has 0 N–H and O–H groups in total. The predicted molar refractivity (Wildman–Crippen MR) is 58.8 cm³/mol. The fraction of sp³-hybridized carbons (Fsp3) is 0.167. The lowest BCUT2D eigenvalue weighted by Gasteiger charge is -2.09. The van der Waals surface area contributed by atoms with Crippen LogP contribution in [-0.4, -0.2) is 30.7 Å². The zero-order chi connectivity index (χ0) is 11.1. The third kappa shape index (κ3) is 3.77. The average Bonchev–Trinajstić information content (AvgIpc) is 2.27. The molecule has 0 bridgehead atoms. The van der Waals surface area contributed by atoms with Crippen molar-refractivity contribution < 1.29 is 9.59 Å². The van der Waals surface area contributed by atoms with Crippen molar-refractivity contribution in [2.24, 2.45) is 0 Å². The molecule has 0 aliphatic carbocycles. The Morgan fingerprint density at radius 2 is 2.07 bits per heavy atom. The SMILES string of the molecule is CN(C[C]=O)C(=O)C=Cc1ccccc1. The molecular formula is C12H12NO2. The normalized spacial score (nSPS) is 10.2. The Morgan fingerprint density at radius 1 is 1.40 bits per heavy atom. The zero-order valence-electron chi connectivity index (χ0n) is 8.51. The number of rotatable bonds is 4. The van der Waals surface area contributed by atoms with Gasteiger partial charge in [-0.25, -0.2) is 0 Å². The molecule has 0 aliphatic rings. The summed E-state index contributed by atoms with van der Waals surface area (Å²) in [6.07, 6.45) is 4.82. The Balaban J connectivity index is 2.58. The largest absolute Gasteiger partial charge is 0.334 e. The Hall–Kier alpha value is -1.90. The summed E-state index contributed by atoms with van der Waals surface area (Å²) in [6.45, 7) is -0.00202. The molecule has 1 rings (SSSR count). The van der Waals surface area contributed by atoms with Crippen molar-refractivity contribution in [2.75, 3.05) is 13.6 Å². The number of amides is 1. The maximum absolute atomic E-state index is 11.4. The van der Waals surface area contributed by atoms with E-state index >= 15 is 0 Å². The van der Waals surface area contributed by atoms with Crippen LogP contribution in [0.5, 0.6) is 0 Å². The van der Waals surface area contributed by atoms with Crippen molar-refractivity contribution in [1.29, 1.82) is 0 Å². The minimum absolute atomic E-state index is 0.00202. The van der Waals surface area contributed by atoms with Crippen molar-refractivity contribution in [3.8, 4) is 0 Å². The highest BCUT2D eigenvalue weighted by atomic mass is 16.2. The van der Waals surface area contributed by atoms with Crippen LogP contribution in [0.3, 0.4) is 0 Å². The van der Waals surface area contributed by atoms with Gasteiger partial charge >= 0.3 is 0 Å². The molecule has 1 aromatic rings. The summed E-state index contributed by atoms with van der Waals surface area (Å²) in [7, 11) is 1.56. The molecule has 0 saturated carbocycles. The first-order valence-corrected chi connectivity index (χ1v) is 4.57. The first-order valence-electron chi connectivity index (χ1n) is 4.57. The number of carbonyl (C=O) groups excluding carboxylic acids is 2. The van der Waals surface area contributed by atoms with E-state index in [9.17, 15) is 9.59 Å². The van der Waals surface area contributed by atoms with Gasteiger partial charge in [0.05, 0.1) is 6.54 Å². The molecular weight excluding hydrogens is 190 g/mol. The molecule has 0 spiro atoms. The molecule has 0 saturated heterocycles. The van der Waals surface area contributed by atoms with E-state index < -0.39 is 0 Å². The smallest absolute Gasteiger partial charge is 0.246 e. The summed E-state index contributed by atoms with van der Waals surface area (Å²) in [6, 6.07) is 9.50. The van der Waals surface area contributed by atoms with E-state index in [0.717, 1.165) is 5.56 Å². The monoisotopic (exact) mass is 202 g/mol. The molecule has 0 fully saturated rings. The summed E-state index contributed by atoms with van der Waals surface area (Å²) < 4.78 is 0. The second-order valence-electron chi connectivity index (χ2n) is 3.08. The molecule has 1 aromatic carbocycles. The Labute approximate surface area is 89.0 Å². The Kier molecular flexibility index (Phi) is 4.29. The first-order chi connectivity index (χ1) is 7.24. The first kappa shape index (κ1) is 11.2. The number of benzene rings is 1. The molecule has 1 radical (unpaired) electrons. The van der Waals surface area contributed by atoms with Crippen molar-refractivity contribution in [1.82, 2.24) is 4.90 Å². The minimum atomic E-state index is -0.206. The quantitative estimate of drug-likeness (QED) is 0.689. The van der Waals surface area contributed by atoms with E-state index in [4.69, 9.17) is 0 Å². The molecule has 3 nitrogen and oxygen atoms in total. The predicted octanol–water partition coefficient (Wildman–Crippen LogP) is 1.27. The van der Waals surface area contributed by atoms with Crippen LogP contribution in [0.25, 0.3) is 6.08 Å². The van der Waals surface area contributed by atoms with Crippen LogP contribution in [0.15, 0.2) is 36.4 Å². The number of nitrogens with zero attached hydrogens (tertiary/aromatic N) is 1. The Bertz CT molecular complexity index is 357. The van der Waals surface area contributed by atoms with Gasteiger partial charge in [-0.05, 0) is 11.6 Å². The lowest BCUT2D eigenvalue weighted by atomic mass is 10.2. The highest BCUT2D eigenvalue weighted by Gasteiger charge is 2.02. The molecule has 0 heterocycles. The van der Waals surface area contributed by atoms with E-state index in [0.29, 0.717) is 0 Å². The third-order valence-electron chi connectivity index (χ3n) is 1.90. The molecule has 1 amide bonds. The highest BCUT2D eigenvalue weighted by Crippen LogP contribution is 2.01. The van der Waals surface area contributed by atoms with Crippen LogP contribution in [0.2, 0.25) is 0 Å². The van der Waals surface area contributed by atoms with Crippen LogP contribution in [0, 0.1) is 0 Å². The minimum Gasteiger partial charge on any atom is -0.334 e. The van der Waals surface area contributed by atoms with Crippen LogP contribution >= 0.6 is 0 Å². The summed E-state index contributed by atoms with van der Waals surface area (Å²) in [5.41, 5.74) is 0.953. The van der Waals surface area contributed by atoms with Gasteiger partial charge in [-0.3, -0.25) is 9.59 Å². The van der Waals surface area contributed by atoms with Crippen molar-refractivity contribution in [3.05, 3.63) is 42.0 Å². The number of hydrogen-bond acceptors (Lipinski definition) is 2. The molecule has 77 valence electrons. The van der Waals surface area contributed by atoms with Gasteiger partial charge in [0.1, 0.15) is 0 Å². The molecule has 15 heavy (non-hydrogen) atoms. The van der Waals surface area contributed by atoms with Gasteiger partial charge in [0, 0.05) is 13.1 Å². The maximum Gasteiger partial charge on any atom is 0.246 e. The second-order valence-corrected chi connectivity index (χ2v) is 3.08. The molecule has 0 unspecified atom stereocenters. The molecule has 0 aromatic heterocycles. The lowest BCUT2D eigenvalue weighted by molar-refractivity contribution is -0.124. The summed E-state index contributed by atoms with van der Waals surface area (Å²) in [5, 5.41) is 0. The second kappa shape index (κ2) is 5.75. The van der Waals surface area contributed by atoms with Gasteiger partial charge in [-0.15, -0.1) is 0 Å². The van der Waals surface area contributed by atoms with E-state index in [1.807, 2.05) is 30.3 Å². The highest BCUT2D eigenvalue weighted by molar-refractivity contribution is 5.92. The zero-order valence-corrected chi connectivity index (χ0v) is 8.51. The summed E-state index contributed by atoms with van der Waals surface area (Å²) >= 11 is 0. The van der Waals surface area contributed by atoms with E-state index in [2.05, 4.69) is 0 Å². The number of likely N-dealkylation sites (N-methyl/N-ethyl adjacent to an activating group) is 1. The van der Waals surface area contributed by atoms with E-state index in [1.54, 1.807) is 19.4 Å². The summed E-state index contributed by atoms with van der Waals surface area (Å²) in [5.74, 6) is -0.206. The number of hydrogen-bond donors (Lipinski definition) is 0. The third-order valence-corrected chi connectivity index (χ3v) is 1.90. The fourth-order valence-electron chi connectivity index (χ4n) is 1.03. The van der Waals surface area contributed by atoms with Crippen LogP contribution in [-0.2, 0) is 9.59 Å². The van der Waals surface area contributed by atoms with Crippen molar-refractivity contribution >= 4 is 18.3 Å². The van der Waals surface area contributed by atoms with Gasteiger partial charge in [0.25, 0.3) is 0 Å². The van der Waals surface area contributed by atoms with Gasteiger partial charge in [0.15, 0.2) is 0 Å².